The Hall–Kier alpha value is -2.62. The molecular weight excluding hydrogens is 375 g/mol. The molecule has 3 aromatic heterocycles. The fraction of sp³-hybridized carbons (Fsp3) is 0.0500. The van der Waals surface area contributed by atoms with E-state index in [1.54, 1.807) is 30.3 Å². The zero-order valence-electron chi connectivity index (χ0n) is 13.2. The summed E-state index contributed by atoms with van der Waals surface area (Å²) < 4.78 is 41.2. The second-order valence-corrected chi connectivity index (χ2v) is 7.33. The van der Waals surface area contributed by atoms with Crippen LogP contribution in [-0.4, -0.2) is 4.98 Å². The first-order valence-electron chi connectivity index (χ1n) is 7.63. The van der Waals surface area contributed by atoms with Crippen molar-refractivity contribution in [2.75, 3.05) is 0 Å². The van der Waals surface area contributed by atoms with Crippen LogP contribution in [0.2, 0.25) is 0 Å². The third kappa shape index (κ3) is 3.12. The van der Waals surface area contributed by atoms with Crippen LogP contribution in [0.4, 0.5) is 13.2 Å². The largest absolute Gasteiger partial charge is 0.434 e. The number of benzene rings is 1. The van der Waals surface area contributed by atoms with Gasteiger partial charge < -0.3 is 0 Å². The van der Waals surface area contributed by atoms with Crippen LogP contribution in [-0.2, 0) is 6.18 Å². The summed E-state index contributed by atoms with van der Waals surface area (Å²) in [5.41, 5.74) is -0.220. The molecule has 6 heteroatoms. The van der Waals surface area contributed by atoms with Gasteiger partial charge in [-0.1, -0.05) is 42.2 Å². The zero-order valence-corrected chi connectivity index (χ0v) is 14.8. The van der Waals surface area contributed by atoms with Gasteiger partial charge in [-0.3, -0.25) is 0 Å². The quantitative estimate of drug-likeness (QED) is 0.343. The van der Waals surface area contributed by atoms with Gasteiger partial charge in [-0.25, -0.2) is 4.98 Å². The van der Waals surface area contributed by atoms with Crippen LogP contribution in [0.15, 0.2) is 59.3 Å². The van der Waals surface area contributed by atoms with Gasteiger partial charge in [0.05, 0.1) is 16.0 Å². The molecule has 0 aliphatic heterocycles. The van der Waals surface area contributed by atoms with Crippen molar-refractivity contribution >= 4 is 33.6 Å². The van der Waals surface area contributed by atoms with E-state index in [1.807, 2.05) is 29.0 Å². The van der Waals surface area contributed by atoms with Crippen molar-refractivity contribution < 1.29 is 13.2 Å². The standard InChI is InChI=1S/C20H10F3NS2/c21-20(22,23)19-15(10-9-13-5-3-11-25-13)18(17-8-4-12-26-17)14-6-1-2-7-16(14)24-19/h1-8,11-12H. The third-order valence-electron chi connectivity index (χ3n) is 3.76. The molecule has 0 unspecified atom stereocenters. The summed E-state index contributed by atoms with van der Waals surface area (Å²) in [5.74, 6) is 5.61. The second-order valence-electron chi connectivity index (χ2n) is 5.43. The minimum Gasteiger partial charge on any atom is -0.242 e. The van der Waals surface area contributed by atoms with E-state index in [0.717, 1.165) is 4.88 Å². The molecule has 0 spiro atoms. The first-order valence-corrected chi connectivity index (χ1v) is 9.39. The molecule has 0 fully saturated rings. The number of thiophene rings is 2. The number of para-hydroxylation sites is 1. The van der Waals surface area contributed by atoms with Crippen LogP contribution in [0.3, 0.4) is 0 Å². The first kappa shape index (κ1) is 16.8. The molecule has 4 rings (SSSR count). The number of halogens is 3. The van der Waals surface area contributed by atoms with Crippen LogP contribution in [0.25, 0.3) is 21.3 Å². The summed E-state index contributed by atoms with van der Waals surface area (Å²) in [6.07, 6.45) is -4.59. The number of hydrogen-bond donors (Lipinski definition) is 0. The van der Waals surface area contributed by atoms with Crippen molar-refractivity contribution in [1.29, 1.82) is 0 Å². The number of hydrogen-bond acceptors (Lipinski definition) is 3. The average Bonchev–Trinajstić information content (AvgIpc) is 3.31. The number of fused-ring (bicyclic) bond motifs is 1. The summed E-state index contributed by atoms with van der Waals surface area (Å²) in [7, 11) is 0. The molecule has 0 bridgehead atoms. The van der Waals surface area contributed by atoms with Crippen LogP contribution in [0.1, 0.15) is 16.1 Å². The Kier molecular flexibility index (Phi) is 4.27. The lowest BCUT2D eigenvalue weighted by Crippen LogP contribution is -2.12. The zero-order chi connectivity index (χ0) is 18.1. The summed E-state index contributed by atoms with van der Waals surface area (Å²) in [6.45, 7) is 0. The molecule has 0 aliphatic rings. The molecule has 0 saturated heterocycles. The highest BCUT2D eigenvalue weighted by Crippen LogP contribution is 2.40. The predicted molar refractivity (Wildman–Crippen MR) is 100 cm³/mol. The van der Waals surface area contributed by atoms with Gasteiger partial charge in [0.2, 0.25) is 0 Å². The lowest BCUT2D eigenvalue weighted by atomic mass is 9.98. The van der Waals surface area contributed by atoms with Crippen molar-refractivity contribution in [3.63, 3.8) is 0 Å². The van der Waals surface area contributed by atoms with Gasteiger partial charge in [0.25, 0.3) is 0 Å². The van der Waals surface area contributed by atoms with E-state index in [-0.39, 0.29) is 5.56 Å². The first-order chi connectivity index (χ1) is 12.5. The Morgan fingerprint density at radius 3 is 2.31 bits per heavy atom. The number of rotatable bonds is 1. The van der Waals surface area contributed by atoms with E-state index >= 15 is 0 Å². The molecule has 0 radical (unpaired) electrons. The van der Waals surface area contributed by atoms with E-state index < -0.39 is 11.9 Å². The van der Waals surface area contributed by atoms with Gasteiger partial charge >= 0.3 is 6.18 Å². The van der Waals surface area contributed by atoms with Gasteiger partial charge in [0.1, 0.15) is 0 Å². The van der Waals surface area contributed by atoms with Gasteiger partial charge in [-0.05, 0) is 29.0 Å². The van der Waals surface area contributed by atoms with E-state index in [4.69, 9.17) is 0 Å². The summed E-state index contributed by atoms with van der Waals surface area (Å²) in [6, 6.07) is 14.1. The summed E-state index contributed by atoms with van der Waals surface area (Å²) in [5, 5.41) is 4.35. The van der Waals surface area contributed by atoms with Crippen molar-refractivity contribution in [2.45, 2.75) is 6.18 Å². The Balaban J connectivity index is 2.10. The predicted octanol–water partition coefficient (Wildman–Crippen LogP) is 6.44. The van der Waals surface area contributed by atoms with Crippen LogP contribution in [0, 0.1) is 11.8 Å². The van der Waals surface area contributed by atoms with Gasteiger partial charge in [0.15, 0.2) is 5.69 Å². The van der Waals surface area contributed by atoms with Crippen LogP contribution >= 0.6 is 22.7 Å². The van der Waals surface area contributed by atoms with Gasteiger partial charge in [-0.2, -0.15) is 13.2 Å². The van der Waals surface area contributed by atoms with E-state index in [9.17, 15) is 13.2 Å². The minimum absolute atomic E-state index is 0.0768. The Bertz CT molecular complexity index is 1120. The SMILES string of the molecule is FC(F)(F)c1nc2ccccc2c(-c2cccs2)c1C#Cc1cccs1. The Morgan fingerprint density at radius 1 is 0.846 bits per heavy atom. The molecule has 0 aliphatic carbocycles. The molecule has 0 N–H and O–H groups in total. The molecule has 1 nitrogen and oxygen atoms in total. The smallest absolute Gasteiger partial charge is 0.242 e. The maximum atomic E-state index is 13.7. The second kappa shape index (κ2) is 6.60. The normalized spacial score (nSPS) is 11.3. The minimum atomic E-state index is -4.59. The van der Waals surface area contributed by atoms with Gasteiger partial charge in [-0.15, -0.1) is 22.7 Å². The molecule has 26 heavy (non-hydrogen) atoms. The molecule has 0 saturated carbocycles. The highest BCUT2D eigenvalue weighted by atomic mass is 32.1. The van der Waals surface area contributed by atoms with Crippen molar-refractivity contribution in [1.82, 2.24) is 4.98 Å². The van der Waals surface area contributed by atoms with Crippen molar-refractivity contribution in [2.24, 2.45) is 0 Å². The van der Waals surface area contributed by atoms with Crippen molar-refractivity contribution in [3.8, 4) is 22.3 Å². The monoisotopic (exact) mass is 385 g/mol. The number of alkyl halides is 3. The topological polar surface area (TPSA) is 12.9 Å². The maximum Gasteiger partial charge on any atom is 0.434 e. The number of pyridine rings is 1. The average molecular weight is 385 g/mol. The van der Waals surface area contributed by atoms with E-state index in [1.165, 1.54) is 22.7 Å². The highest BCUT2D eigenvalue weighted by molar-refractivity contribution is 7.13. The lowest BCUT2D eigenvalue weighted by molar-refractivity contribution is -0.141. The Labute approximate surface area is 155 Å². The molecule has 0 atom stereocenters. The molecule has 1 aromatic carbocycles. The van der Waals surface area contributed by atoms with E-state index in [0.29, 0.717) is 21.3 Å². The van der Waals surface area contributed by atoms with Crippen LogP contribution < -0.4 is 0 Å². The maximum absolute atomic E-state index is 13.7. The molecular formula is C20H10F3NS2. The summed E-state index contributed by atoms with van der Waals surface area (Å²) in [4.78, 5) is 5.35. The fourth-order valence-electron chi connectivity index (χ4n) is 2.69. The van der Waals surface area contributed by atoms with Gasteiger partial charge in [0, 0.05) is 15.8 Å². The highest BCUT2D eigenvalue weighted by Gasteiger charge is 2.37. The number of nitrogens with zero attached hydrogens (tertiary/aromatic N) is 1. The Morgan fingerprint density at radius 2 is 1.62 bits per heavy atom. The molecule has 3 heterocycles. The molecule has 4 aromatic rings. The fourth-order valence-corrected chi connectivity index (χ4v) is 4.05. The lowest BCUT2D eigenvalue weighted by Gasteiger charge is -2.14. The van der Waals surface area contributed by atoms with E-state index in [2.05, 4.69) is 16.8 Å². The van der Waals surface area contributed by atoms with Crippen molar-refractivity contribution in [3.05, 3.63) is 75.4 Å². The molecule has 0 amide bonds. The van der Waals surface area contributed by atoms with Crippen LogP contribution in [0.5, 0.6) is 0 Å². The summed E-state index contributed by atoms with van der Waals surface area (Å²) >= 11 is 2.78. The third-order valence-corrected chi connectivity index (χ3v) is 5.43. The number of aromatic nitrogens is 1. The molecule has 128 valence electrons.